The van der Waals surface area contributed by atoms with Crippen molar-refractivity contribution in [3.05, 3.63) is 0 Å². The molecule has 0 aromatic heterocycles. The molecule has 0 fully saturated rings. The van der Waals surface area contributed by atoms with Crippen molar-refractivity contribution in [3.8, 4) is 0 Å². The Bertz CT molecular complexity index is 191. The van der Waals surface area contributed by atoms with Crippen LogP contribution in [0.5, 0.6) is 0 Å². The van der Waals surface area contributed by atoms with E-state index in [1.807, 2.05) is 6.92 Å². The number of hydrogen-bond donors (Lipinski definition) is 0. The Labute approximate surface area is 107 Å². The number of rotatable bonds is 9. The number of unbranched alkanes of at least 4 members (excludes halogenated alkanes) is 1. The van der Waals surface area contributed by atoms with Crippen molar-refractivity contribution in [1.82, 2.24) is 0 Å². The lowest BCUT2D eigenvalue weighted by molar-refractivity contribution is -0.175. The third-order valence-corrected chi connectivity index (χ3v) is 3.70. The minimum absolute atomic E-state index is 0.0663. The van der Waals surface area contributed by atoms with Gasteiger partial charge in [0.2, 0.25) is 0 Å². The van der Waals surface area contributed by atoms with E-state index in [0.29, 0.717) is 12.3 Å². The van der Waals surface area contributed by atoms with Crippen LogP contribution in [-0.2, 0) is 4.74 Å². The van der Waals surface area contributed by atoms with Crippen LogP contribution in [0.3, 0.4) is 0 Å². The van der Waals surface area contributed by atoms with Gasteiger partial charge in [0.25, 0.3) is 0 Å². The Morgan fingerprint density at radius 2 is 1.76 bits per heavy atom. The zero-order chi connectivity index (χ0) is 13.4. The average Bonchev–Trinajstić information content (AvgIpc) is 2.28. The molecule has 104 valence electrons. The predicted molar refractivity (Wildman–Crippen MR) is 64.5 cm³/mol. The van der Waals surface area contributed by atoms with Gasteiger partial charge in [-0.3, -0.25) is 0 Å². The summed E-state index contributed by atoms with van der Waals surface area (Å²) in [7, 11) is 0. The van der Waals surface area contributed by atoms with Gasteiger partial charge in [-0.25, -0.2) is 0 Å². The maximum absolute atomic E-state index is 11.9. The van der Waals surface area contributed by atoms with Crippen LogP contribution < -0.4 is 0 Å². The van der Waals surface area contributed by atoms with Gasteiger partial charge in [0, 0.05) is 12.5 Å². The first kappa shape index (κ1) is 17.0. The van der Waals surface area contributed by atoms with Gasteiger partial charge in [0.1, 0.15) is 6.61 Å². The van der Waals surface area contributed by atoms with Gasteiger partial charge < -0.3 is 4.74 Å². The second-order valence-electron chi connectivity index (χ2n) is 4.51. The summed E-state index contributed by atoms with van der Waals surface area (Å²) in [5.74, 6) is 0.485. The van der Waals surface area contributed by atoms with Crippen molar-refractivity contribution < 1.29 is 17.9 Å². The van der Waals surface area contributed by atoms with Crippen molar-refractivity contribution in [2.75, 3.05) is 19.1 Å². The van der Waals surface area contributed by atoms with E-state index in [9.17, 15) is 13.2 Å². The molecule has 0 aromatic rings. The number of hydrogen-bond acceptors (Lipinski definition) is 1. The molecule has 0 bridgehead atoms. The summed E-state index contributed by atoms with van der Waals surface area (Å²) in [6.07, 6.45) is 0.328. The van der Waals surface area contributed by atoms with Gasteiger partial charge in [-0.15, -0.1) is 11.6 Å². The number of ether oxygens (including phenoxy) is 1. The summed E-state index contributed by atoms with van der Waals surface area (Å²) in [6.45, 7) is 3.09. The van der Waals surface area contributed by atoms with Crippen LogP contribution in [0.15, 0.2) is 0 Å². The molecule has 0 N–H and O–H groups in total. The lowest BCUT2D eigenvalue weighted by Gasteiger charge is -2.30. The Morgan fingerprint density at radius 1 is 1.12 bits per heavy atom. The van der Waals surface area contributed by atoms with Crippen LogP contribution in [0.2, 0.25) is 0 Å². The van der Waals surface area contributed by atoms with E-state index in [4.69, 9.17) is 11.6 Å². The fourth-order valence-electron chi connectivity index (χ4n) is 1.74. The highest BCUT2D eigenvalue weighted by molar-refractivity contribution is 6.18. The van der Waals surface area contributed by atoms with Crippen LogP contribution in [0.25, 0.3) is 0 Å². The lowest BCUT2D eigenvalue weighted by Crippen LogP contribution is -2.26. The summed E-state index contributed by atoms with van der Waals surface area (Å²) in [5, 5.41) is 0. The van der Waals surface area contributed by atoms with Crippen molar-refractivity contribution >= 4 is 11.6 Å². The average molecular weight is 275 g/mol. The standard InChI is InChI=1S/C12H22ClF3O/c1-3-5-6-11(4-2,9-13)7-8-17-10-12(14,15)16/h3-10H2,1-2H3. The predicted octanol–water partition coefficient (Wildman–Crippen LogP) is 4.78. The highest BCUT2D eigenvalue weighted by Crippen LogP contribution is 2.34. The van der Waals surface area contributed by atoms with E-state index in [0.717, 1.165) is 25.7 Å². The largest absolute Gasteiger partial charge is 0.411 e. The molecule has 0 rings (SSSR count). The minimum Gasteiger partial charge on any atom is -0.372 e. The van der Waals surface area contributed by atoms with Crippen LogP contribution in [0.4, 0.5) is 13.2 Å². The molecule has 5 heteroatoms. The van der Waals surface area contributed by atoms with Crippen LogP contribution in [-0.4, -0.2) is 25.3 Å². The molecule has 17 heavy (non-hydrogen) atoms. The van der Waals surface area contributed by atoms with E-state index >= 15 is 0 Å². The van der Waals surface area contributed by atoms with Gasteiger partial charge in [0.15, 0.2) is 0 Å². The first-order valence-electron chi connectivity index (χ1n) is 6.09. The highest BCUT2D eigenvalue weighted by Gasteiger charge is 2.29. The maximum Gasteiger partial charge on any atom is 0.411 e. The Hall–Kier alpha value is 0.0400. The van der Waals surface area contributed by atoms with Gasteiger partial charge in [0.05, 0.1) is 0 Å². The minimum atomic E-state index is -4.24. The van der Waals surface area contributed by atoms with E-state index < -0.39 is 12.8 Å². The molecule has 0 aromatic carbocycles. The smallest absolute Gasteiger partial charge is 0.372 e. The molecule has 0 saturated heterocycles. The SMILES string of the molecule is CCCCC(CC)(CCl)CCOCC(F)(F)F. The molecule has 1 unspecified atom stereocenters. The van der Waals surface area contributed by atoms with Gasteiger partial charge in [-0.1, -0.05) is 26.7 Å². The molecule has 0 aliphatic rings. The summed E-state index contributed by atoms with van der Waals surface area (Å²) < 4.78 is 40.3. The molecule has 0 aliphatic heterocycles. The van der Waals surface area contributed by atoms with Crippen molar-refractivity contribution in [2.45, 2.75) is 52.1 Å². The van der Waals surface area contributed by atoms with E-state index in [-0.39, 0.29) is 12.0 Å². The molecule has 0 spiro atoms. The zero-order valence-corrected chi connectivity index (χ0v) is 11.3. The Kier molecular flexibility index (Phi) is 8.22. The Morgan fingerprint density at radius 3 is 2.18 bits per heavy atom. The summed E-state index contributed by atoms with van der Waals surface area (Å²) in [4.78, 5) is 0. The molecule has 0 heterocycles. The van der Waals surface area contributed by atoms with Crippen molar-refractivity contribution in [1.29, 1.82) is 0 Å². The summed E-state index contributed by atoms with van der Waals surface area (Å²) in [5.41, 5.74) is -0.0663. The Balaban J connectivity index is 3.99. The first-order valence-corrected chi connectivity index (χ1v) is 6.63. The van der Waals surface area contributed by atoms with Crippen LogP contribution in [0, 0.1) is 5.41 Å². The van der Waals surface area contributed by atoms with Crippen molar-refractivity contribution in [3.63, 3.8) is 0 Å². The molecule has 0 aliphatic carbocycles. The summed E-state index contributed by atoms with van der Waals surface area (Å²) >= 11 is 5.95. The number of alkyl halides is 4. The maximum atomic E-state index is 11.9. The monoisotopic (exact) mass is 274 g/mol. The molecular formula is C12H22ClF3O. The molecular weight excluding hydrogens is 253 g/mol. The third-order valence-electron chi connectivity index (χ3n) is 3.14. The number of halogens is 4. The fraction of sp³-hybridized carbons (Fsp3) is 1.00. The van der Waals surface area contributed by atoms with Crippen molar-refractivity contribution in [2.24, 2.45) is 5.41 Å². The summed E-state index contributed by atoms with van der Waals surface area (Å²) in [6, 6.07) is 0. The fourth-order valence-corrected chi connectivity index (χ4v) is 2.19. The quantitative estimate of drug-likeness (QED) is 0.434. The third kappa shape index (κ3) is 7.87. The van der Waals surface area contributed by atoms with Gasteiger partial charge in [-0.05, 0) is 24.7 Å². The van der Waals surface area contributed by atoms with E-state index in [1.54, 1.807) is 0 Å². The molecule has 1 nitrogen and oxygen atoms in total. The topological polar surface area (TPSA) is 9.23 Å². The van der Waals surface area contributed by atoms with Gasteiger partial charge >= 0.3 is 6.18 Å². The highest BCUT2D eigenvalue weighted by atomic mass is 35.5. The molecule has 0 amide bonds. The lowest BCUT2D eigenvalue weighted by atomic mass is 9.79. The molecule has 0 saturated carbocycles. The van der Waals surface area contributed by atoms with Crippen LogP contribution in [0.1, 0.15) is 46.0 Å². The second-order valence-corrected chi connectivity index (χ2v) is 4.78. The zero-order valence-electron chi connectivity index (χ0n) is 10.6. The molecule has 0 radical (unpaired) electrons. The van der Waals surface area contributed by atoms with Gasteiger partial charge in [-0.2, -0.15) is 13.2 Å². The van der Waals surface area contributed by atoms with E-state index in [1.165, 1.54) is 0 Å². The van der Waals surface area contributed by atoms with E-state index in [2.05, 4.69) is 11.7 Å². The first-order chi connectivity index (χ1) is 7.89. The molecule has 1 atom stereocenters. The van der Waals surface area contributed by atoms with Crippen LogP contribution >= 0.6 is 11.6 Å². The normalized spacial score (nSPS) is 15.9. The second kappa shape index (κ2) is 8.20.